The van der Waals surface area contributed by atoms with E-state index >= 15 is 0 Å². The molecule has 7 heteroatoms. The molecule has 2 atom stereocenters. The second-order valence-corrected chi connectivity index (χ2v) is 9.19. The number of hydrogen-bond donors (Lipinski definition) is 0. The molecule has 0 fully saturated rings. The topological polar surface area (TPSA) is 66.2 Å². The number of anilines is 1. The van der Waals surface area contributed by atoms with Crippen LogP contribution in [-0.4, -0.2) is 35.0 Å². The molecule has 0 saturated heterocycles. The van der Waals surface area contributed by atoms with Crippen molar-refractivity contribution < 1.29 is 9.53 Å². The summed E-state index contributed by atoms with van der Waals surface area (Å²) < 4.78 is 5.22. The number of benzene rings is 1. The Labute approximate surface area is 184 Å². The summed E-state index contributed by atoms with van der Waals surface area (Å²) in [6.45, 7) is 2.22. The van der Waals surface area contributed by atoms with Crippen molar-refractivity contribution in [3.63, 3.8) is 0 Å². The first-order valence-corrected chi connectivity index (χ1v) is 11.4. The molecule has 152 valence electrons. The smallest absolute Gasteiger partial charge is 0.238 e. The first-order chi connectivity index (χ1) is 14.6. The van der Waals surface area contributed by atoms with Crippen LogP contribution >= 0.6 is 23.5 Å². The van der Waals surface area contributed by atoms with Crippen molar-refractivity contribution in [2.24, 2.45) is 0 Å². The summed E-state index contributed by atoms with van der Waals surface area (Å²) in [7, 11) is 1.60. The molecule has 1 aromatic carbocycles. The third-order valence-electron chi connectivity index (χ3n) is 4.95. The lowest BCUT2D eigenvalue weighted by Gasteiger charge is -2.40. The Kier molecular flexibility index (Phi) is 6.28. The molecule has 4 rings (SSSR count). The van der Waals surface area contributed by atoms with Crippen molar-refractivity contribution in [1.82, 2.24) is 4.98 Å². The minimum absolute atomic E-state index is 0.00295. The van der Waals surface area contributed by atoms with Gasteiger partial charge in [-0.05, 0) is 30.7 Å². The fraction of sp³-hybridized carbons (Fsp3) is 0.261. The molecule has 5 nitrogen and oxygen atoms in total. The number of fused-ring (bicyclic) bond motifs is 2. The van der Waals surface area contributed by atoms with Crippen molar-refractivity contribution >= 4 is 35.1 Å². The number of thioether (sulfide) groups is 2. The Morgan fingerprint density at radius 3 is 2.93 bits per heavy atom. The van der Waals surface area contributed by atoms with E-state index < -0.39 is 0 Å². The second kappa shape index (κ2) is 9.09. The van der Waals surface area contributed by atoms with Gasteiger partial charge in [0.2, 0.25) is 5.91 Å². The predicted octanol–water partition coefficient (Wildman–Crippen LogP) is 4.50. The minimum Gasteiger partial charge on any atom is -0.380 e. The fourth-order valence-corrected chi connectivity index (χ4v) is 5.87. The number of aromatic nitrogens is 1. The van der Waals surface area contributed by atoms with E-state index in [1.54, 1.807) is 18.9 Å². The van der Waals surface area contributed by atoms with E-state index in [1.807, 2.05) is 48.2 Å². The molecule has 2 aromatic rings. The molecule has 1 aliphatic heterocycles. The average molecular weight is 436 g/mol. The van der Waals surface area contributed by atoms with Crippen molar-refractivity contribution in [2.75, 3.05) is 17.8 Å². The number of para-hydroxylation sites is 1. The van der Waals surface area contributed by atoms with Gasteiger partial charge in [0.25, 0.3) is 0 Å². The number of amides is 1. The zero-order valence-corrected chi connectivity index (χ0v) is 18.4. The Morgan fingerprint density at radius 1 is 1.33 bits per heavy atom. The van der Waals surface area contributed by atoms with Crippen LogP contribution in [0.5, 0.6) is 0 Å². The van der Waals surface area contributed by atoms with Crippen LogP contribution in [0.15, 0.2) is 64.6 Å². The molecule has 1 aromatic heterocycles. The Morgan fingerprint density at radius 2 is 2.13 bits per heavy atom. The van der Waals surface area contributed by atoms with Crippen LogP contribution in [-0.2, 0) is 16.1 Å². The summed E-state index contributed by atoms with van der Waals surface area (Å²) >= 11 is 3.10. The molecular weight excluding hydrogens is 414 g/mol. The van der Waals surface area contributed by atoms with Crippen LogP contribution in [0.2, 0.25) is 0 Å². The number of ether oxygens (including phenoxy) is 1. The van der Waals surface area contributed by atoms with Crippen LogP contribution < -0.4 is 4.90 Å². The van der Waals surface area contributed by atoms with Crippen LogP contribution in [0.4, 0.5) is 5.69 Å². The summed E-state index contributed by atoms with van der Waals surface area (Å²) in [6.07, 6.45) is 8.26. The first-order valence-electron chi connectivity index (χ1n) is 9.57. The number of aryl methyl sites for hydroxylation is 1. The molecular formula is C23H21N3O2S2. The van der Waals surface area contributed by atoms with E-state index in [2.05, 4.69) is 29.3 Å². The quantitative estimate of drug-likeness (QED) is 0.644. The van der Waals surface area contributed by atoms with Gasteiger partial charge >= 0.3 is 0 Å². The summed E-state index contributed by atoms with van der Waals surface area (Å²) in [5, 5.41) is 10.4. The van der Waals surface area contributed by atoms with Gasteiger partial charge in [0.1, 0.15) is 11.1 Å². The molecule has 1 aliphatic carbocycles. The van der Waals surface area contributed by atoms with Crippen molar-refractivity contribution in [2.45, 2.75) is 34.7 Å². The zero-order valence-electron chi connectivity index (χ0n) is 16.7. The van der Waals surface area contributed by atoms with Crippen LogP contribution in [0.1, 0.15) is 16.8 Å². The van der Waals surface area contributed by atoms with Crippen LogP contribution in [0.25, 0.3) is 0 Å². The van der Waals surface area contributed by atoms with E-state index in [1.165, 1.54) is 11.8 Å². The molecule has 0 N–H and O–H groups in total. The lowest BCUT2D eigenvalue weighted by Crippen LogP contribution is -2.48. The predicted molar refractivity (Wildman–Crippen MR) is 121 cm³/mol. The van der Waals surface area contributed by atoms with Crippen LogP contribution in [0, 0.1) is 18.3 Å². The second-order valence-electron chi connectivity index (χ2n) is 7.01. The normalized spacial score (nSPS) is 19.2. The first kappa shape index (κ1) is 20.7. The minimum atomic E-state index is -0.0204. The molecule has 2 heterocycles. The van der Waals surface area contributed by atoms with Crippen molar-refractivity contribution in [1.29, 1.82) is 5.26 Å². The van der Waals surface area contributed by atoms with Crippen LogP contribution in [0.3, 0.4) is 0 Å². The molecule has 2 aliphatic rings. The highest BCUT2D eigenvalue weighted by Gasteiger charge is 2.36. The number of pyridine rings is 1. The van der Waals surface area contributed by atoms with Crippen molar-refractivity contribution in [3.05, 3.63) is 71.5 Å². The van der Waals surface area contributed by atoms with Gasteiger partial charge in [-0.25, -0.2) is 4.98 Å². The maximum absolute atomic E-state index is 13.4. The van der Waals surface area contributed by atoms with E-state index in [9.17, 15) is 10.1 Å². The summed E-state index contributed by atoms with van der Waals surface area (Å²) in [5.41, 5.74) is 3.01. The van der Waals surface area contributed by atoms with E-state index in [4.69, 9.17) is 4.74 Å². The summed E-state index contributed by atoms with van der Waals surface area (Å²) in [5.74, 6) is 0.209. The van der Waals surface area contributed by atoms with Gasteiger partial charge in [-0.2, -0.15) is 5.26 Å². The monoisotopic (exact) mass is 435 g/mol. The number of methoxy groups -OCH3 is 1. The van der Waals surface area contributed by atoms with E-state index in [0.29, 0.717) is 17.2 Å². The SMILES string of the molecule is COCc1cc(C)nc(SCC(=O)N2c3ccccc3S[C@H]3C=CC=C[C@H]32)c1C#N. The molecule has 1 amide bonds. The Balaban J connectivity index is 1.61. The van der Waals surface area contributed by atoms with Gasteiger partial charge in [0, 0.05) is 17.7 Å². The molecule has 30 heavy (non-hydrogen) atoms. The third kappa shape index (κ3) is 4.04. The van der Waals surface area contributed by atoms with Gasteiger partial charge < -0.3 is 9.64 Å². The average Bonchev–Trinajstić information content (AvgIpc) is 2.75. The lowest BCUT2D eigenvalue weighted by atomic mass is 10.0. The van der Waals surface area contributed by atoms with Crippen molar-refractivity contribution in [3.8, 4) is 6.07 Å². The molecule has 0 bridgehead atoms. The highest BCUT2D eigenvalue weighted by molar-refractivity contribution is 8.00. The van der Waals surface area contributed by atoms with E-state index in [0.717, 1.165) is 21.8 Å². The number of rotatable bonds is 5. The van der Waals surface area contributed by atoms with Gasteiger partial charge in [-0.3, -0.25) is 4.79 Å². The summed E-state index contributed by atoms with van der Waals surface area (Å²) in [4.78, 5) is 20.9. The molecule has 0 radical (unpaired) electrons. The highest BCUT2D eigenvalue weighted by atomic mass is 32.2. The fourth-order valence-electron chi connectivity index (χ4n) is 3.68. The maximum atomic E-state index is 13.4. The van der Waals surface area contributed by atoms with Gasteiger partial charge in [-0.15, -0.1) is 11.8 Å². The van der Waals surface area contributed by atoms with Gasteiger partial charge in [0.05, 0.1) is 34.9 Å². The number of carbonyl (C=O) groups is 1. The number of carbonyl (C=O) groups excluding carboxylic acids is 1. The summed E-state index contributed by atoms with van der Waals surface area (Å²) in [6, 6.07) is 12.1. The molecule has 0 unspecified atom stereocenters. The highest BCUT2D eigenvalue weighted by Crippen LogP contribution is 2.43. The number of allylic oxidation sites excluding steroid dienone is 2. The van der Waals surface area contributed by atoms with E-state index in [-0.39, 0.29) is 23.0 Å². The number of hydrogen-bond acceptors (Lipinski definition) is 6. The third-order valence-corrected chi connectivity index (χ3v) is 7.22. The Hall–Kier alpha value is -2.53. The molecule has 0 spiro atoms. The van der Waals surface area contributed by atoms with Gasteiger partial charge in [-0.1, -0.05) is 48.2 Å². The van der Waals surface area contributed by atoms with Gasteiger partial charge in [0.15, 0.2) is 0 Å². The molecule has 0 saturated carbocycles. The number of nitriles is 1. The number of nitrogens with zero attached hydrogens (tertiary/aromatic N) is 3. The standard InChI is InChI=1S/C23H21N3O2S2/c1-15-11-16(13-28-2)17(12-24)23(25-15)29-14-22(27)26-18-7-3-5-9-20(18)30-21-10-6-4-8-19(21)26/h3-11,18,20H,13-14H2,1-2H3/t18-,20+/m1/s1. The maximum Gasteiger partial charge on any atom is 0.238 e. The Bertz CT molecular complexity index is 1070. The largest absolute Gasteiger partial charge is 0.380 e. The zero-order chi connectivity index (χ0) is 21.1. The lowest BCUT2D eigenvalue weighted by molar-refractivity contribution is -0.116.